The van der Waals surface area contributed by atoms with Gasteiger partial charge in [0, 0.05) is 0 Å². The van der Waals surface area contributed by atoms with Crippen LogP contribution < -0.4 is 0 Å². The monoisotopic (exact) mass is 584 g/mol. The summed E-state index contributed by atoms with van der Waals surface area (Å²) in [6.07, 6.45) is 15.9. The molecule has 0 aromatic rings. The number of hydrogen-bond donors (Lipinski definition) is 2. The molecule has 0 heterocycles. The van der Waals surface area contributed by atoms with Gasteiger partial charge in [-0.1, -0.05) is 0 Å². The number of thiol groups is 2. The maximum absolute atomic E-state index is 12.6. The van der Waals surface area contributed by atoms with Crippen molar-refractivity contribution in [3.8, 4) is 0 Å². The number of rotatable bonds is 20. The van der Waals surface area contributed by atoms with Crippen LogP contribution in [0.25, 0.3) is 0 Å². The Labute approximate surface area is 208 Å². The van der Waals surface area contributed by atoms with E-state index in [9.17, 15) is 9.59 Å². The van der Waals surface area contributed by atoms with Crippen molar-refractivity contribution in [1.29, 1.82) is 0 Å². The van der Waals surface area contributed by atoms with Gasteiger partial charge in [-0.25, -0.2) is 0 Å². The third-order valence-corrected chi connectivity index (χ3v) is 10.4. The molecule has 0 spiro atoms. The molecule has 2 atom stereocenters. The Morgan fingerprint density at radius 3 is 1.29 bits per heavy atom. The molecule has 0 aliphatic rings. The van der Waals surface area contributed by atoms with Crippen LogP contribution in [0.4, 0.5) is 0 Å². The molecule has 0 N–H and O–H groups in total. The van der Waals surface area contributed by atoms with Gasteiger partial charge in [0.05, 0.1) is 0 Å². The van der Waals surface area contributed by atoms with Crippen molar-refractivity contribution in [3.63, 3.8) is 0 Å². The van der Waals surface area contributed by atoms with Gasteiger partial charge in [-0.2, -0.15) is 0 Å². The molecule has 0 aromatic heterocycles. The van der Waals surface area contributed by atoms with E-state index in [4.69, 9.17) is 6.15 Å². The zero-order valence-electron chi connectivity index (χ0n) is 20.5. The summed E-state index contributed by atoms with van der Waals surface area (Å²) in [7, 11) is 0. The fourth-order valence-corrected chi connectivity index (χ4v) is 8.08. The minimum absolute atomic E-state index is 0.215. The second-order valence-electron chi connectivity index (χ2n) is 9.11. The van der Waals surface area contributed by atoms with Crippen LogP contribution >= 0.6 is 25.3 Å². The molecule has 2 unspecified atom stereocenters. The van der Waals surface area contributed by atoms with Crippen LogP contribution in [-0.2, 0) is 15.7 Å². The predicted octanol–water partition coefficient (Wildman–Crippen LogP) is 7.37. The van der Waals surface area contributed by atoms with Crippen molar-refractivity contribution in [2.75, 3.05) is 11.5 Å². The Morgan fingerprint density at radius 1 is 0.645 bits per heavy atom. The van der Waals surface area contributed by atoms with Gasteiger partial charge in [-0.3, -0.25) is 0 Å². The molecule has 0 aliphatic carbocycles. The zero-order valence-corrected chi connectivity index (χ0v) is 25.1. The fraction of sp³-hybridized carbons (Fsp3) is 0.917. The van der Waals surface area contributed by atoms with Gasteiger partial charge in [0.15, 0.2) is 0 Å². The molecule has 184 valence electrons. The minimum atomic E-state index is -3.71. The van der Waals surface area contributed by atoms with Crippen LogP contribution in [0.1, 0.15) is 104 Å². The summed E-state index contributed by atoms with van der Waals surface area (Å²) in [5, 5.41) is 0. The number of hydrogen-bond acceptors (Lipinski definition) is 6. The molecular formula is C24H48O4S2Sn. The third-order valence-electron chi connectivity index (χ3n) is 5.61. The van der Waals surface area contributed by atoms with E-state index in [2.05, 4.69) is 39.1 Å². The Hall–Kier alpha value is 0.439. The zero-order chi connectivity index (χ0) is 23.5. The van der Waals surface area contributed by atoms with Gasteiger partial charge >= 0.3 is 209 Å². The molecule has 4 nitrogen and oxygen atoms in total. The molecule has 0 radical (unpaired) electrons. The average Bonchev–Trinajstić information content (AvgIpc) is 2.71. The van der Waals surface area contributed by atoms with Gasteiger partial charge in [-0.05, 0) is 0 Å². The first kappa shape index (κ1) is 31.4. The Kier molecular flexibility index (Phi) is 20.1. The Balaban J connectivity index is 4.39. The van der Waals surface area contributed by atoms with Gasteiger partial charge in [0.1, 0.15) is 0 Å². The van der Waals surface area contributed by atoms with E-state index in [-0.39, 0.29) is 23.8 Å². The fourth-order valence-electron chi connectivity index (χ4n) is 3.58. The van der Waals surface area contributed by atoms with E-state index in [1.165, 1.54) is 51.4 Å². The Bertz CT molecular complexity index is 434. The summed E-state index contributed by atoms with van der Waals surface area (Å²) < 4.78 is 11.6. The predicted molar refractivity (Wildman–Crippen MR) is 140 cm³/mol. The second kappa shape index (κ2) is 19.9. The molecule has 0 aliphatic heterocycles. The normalized spacial score (nSPS) is 13.6. The topological polar surface area (TPSA) is 52.6 Å². The van der Waals surface area contributed by atoms with Crippen molar-refractivity contribution < 1.29 is 15.7 Å². The van der Waals surface area contributed by atoms with Crippen LogP contribution in [0, 0.1) is 11.8 Å². The number of carbonyl (C=O) groups excluding carboxylic acids is 2. The quantitative estimate of drug-likeness (QED) is 0.0893. The molecule has 0 rings (SSSR count). The van der Waals surface area contributed by atoms with Crippen LogP contribution in [0.3, 0.4) is 0 Å². The van der Waals surface area contributed by atoms with Crippen LogP contribution in [-0.4, -0.2) is 42.6 Å². The van der Waals surface area contributed by atoms with Crippen LogP contribution in [0.2, 0.25) is 9.88 Å². The molecule has 0 bridgehead atoms. The molecule has 0 aromatic carbocycles. The van der Waals surface area contributed by atoms with Gasteiger partial charge < -0.3 is 0 Å². The number of unbranched alkanes of at least 4 members (excludes halogenated alkanes) is 10. The second-order valence-corrected chi connectivity index (χ2v) is 19.0. The maximum atomic E-state index is 12.6. The molecule has 0 amide bonds. The molecule has 0 saturated carbocycles. The summed E-state index contributed by atoms with van der Waals surface area (Å²) in [5.41, 5.74) is 0. The van der Waals surface area contributed by atoms with Gasteiger partial charge in [0.25, 0.3) is 0 Å². The van der Waals surface area contributed by atoms with Gasteiger partial charge in [-0.15, -0.1) is 0 Å². The van der Waals surface area contributed by atoms with Crippen LogP contribution in [0.5, 0.6) is 0 Å². The average molecular weight is 583 g/mol. The first-order chi connectivity index (χ1) is 14.8. The number of carbonyl (C=O) groups is 2. The van der Waals surface area contributed by atoms with E-state index in [0.29, 0.717) is 11.5 Å². The first-order valence-electron chi connectivity index (χ1n) is 12.5. The summed E-state index contributed by atoms with van der Waals surface area (Å²) in [4.78, 5) is 29.0. The summed E-state index contributed by atoms with van der Waals surface area (Å²) in [5.74, 6) is 0.0362. The summed E-state index contributed by atoms with van der Waals surface area (Å²) in [6.45, 7) is 4.42. The molecule has 0 fully saturated rings. The standard InChI is InChI=1S/2C11H22O2S.2CH3.Sn/c2*1-2-3-4-5-6-7-8-10(9-14)11(12)13;;;/h2*10,14H,2-9H2,1H3,(H,12,13);2*1H3;/q;;;;+2/p-2. The van der Waals surface area contributed by atoms with E-state index in [0.717, 1.165) is 38.5 Å². The van der Waals surface area contributed by atoms with Crippen molar-refractivity contribution in [3.05, 3.63) is 0 Å². The molecule has 7 heteroatoms. The van der Waals surface area contributed by atoms with E-state index in [1.807, 2.05) is 9.88 Å². The molecule has 31 heavy (non-hydrogen) atoms. The van der Waals surface area contributed by atoms with E-state index in [1.54, 1.807) is 0 Å². The van der Waals surface area contributed by atoms with Gasteiger partial charge in [0.2, 0.25) is 0 Å². The van der Waals surface area contributed by atoms with Crippen molar-refractivity contribution in [2.24, 2.45) is 11.8 Å². The van der Waals surface area contributed by atoms with Crippen molar-refractivity contribution in [2.45, 2.75) is 114 Å². The summed E-state index contributed by atoms with van der Waals surface area (Å²) in [6, 6.07) is 0. The van der Waals surface area contributed by atoms with Crippen molar-refractivity contribution in [1.82, 2.24) is 0 Å². The Morgan fingerprint density at radius 2 is 0.968 bits per heavy atom. The SMILES string of the molecule is CCCCCCCCC(CS)C(=O)[O][Sn]([CH3])([CH3])[O]C(=O)C(CS)CCCCCCCC. The van der Waals surface area contributed by atoms with E-state index < -0.39 is 19.2 Å². The van der Waals surface area contributed by atoms with E-state index >= 15 is 0 Å². The molecular weight excluding hydrogens is 535 g/mol. The molecule has 0 saturated heterocycles. The van der Waals surface area contributed by atoms with Crippen molar-refractivity contribution >= 4 is 56.4 Å². The summed E-state index contributed by atoms with van der Waals surface area (Å²) >= 11 is 5.00. The van der Waals surface area contributed by atoms with Crippen LogP contribution in [0.15, 0.2) is 0 Å². The third kappa shape index (κ3) is 16.7. The first-order valence-corrected chi connectivity index (χ1v) is 21.8.